The number of hydrogen-bond acceptors (Lipinski definition) is 1. The van der Waals surface area contributed by atoms with Crippen molar-refractivity contribution in [2.24, 2.45) is 17.8 Å². The molecule has 1 aromatic rings. The first-order valence-electron chi connectivity index (χ1n) is 6.15. The van der Waals surface area contributed by atoms with Crippen molar-refractivity contribution in [2.75, 3.05) is 0 Å². The highest BCUT2D eigenvalue weighted by Gasteiger charge is 2.47. The fourth-order valence-electron chi connectivity index (χ4n) is 3.13. The normalized spacial score (nSPS) is 33.5. The van der Waals surface area contributed by atoms with Crippen molar-refractivity contribution in [3.05, 3.63) is 34.3 Å². The Morgan fingerprint density at radius 1 is 1.19 bits per heavy atom. The maximum absolute atomic E-state index is 10.2. The van der Waals surface area contributed by atoms with Crippen LogP contribution in [-0.2, 0) is 6.42 Å². The highest BCUT2D eigenvalue weighted by Crippen LogP contribution is 2.55. The fourth-order valence-corrected chi connectivity index (χ4v) is 3.58. The van der Waals surface area contributed by atoms with E-state index >= 15 is 0 Å². The van der Waals surface area contributed by atoms with Gasteiger partial charge in [-0.2, -0.15) is 0 Å². The quantitative estimate of drug-likeness (QED) is 0.900. The highest BCUT2D eigenvalue weighted by atomic mass is 79.9. The van der Waals surface area contributed by atoms with Crippen molar-refractivity contribution < 1.29 is 5.11 Å². The van der Waals surface area contributed by atoms with Crippen molar-refractivity contribution in [1.82, 2.24) is 0 Å². The van der Waals surface area contributed by atoms with Gasteiger partial charge < -0.3 is 5.11 Å². The molecule has 0 saturated heterocycles. The number of aliphatic hydroxyl groups excluding tert-OH is 1. The first kappa shape index (κ1) is 10.8. The first-order valence-corrected chi connectivity index (χ1v) is 6.95. The van der Waals surface area contributed by atoms with Crippen molar-refractivity contribution in [3.63, 3.8) is 0 Å². The van der Waals surface area contributed by atoms with Crippen molar-refractivity contribution in [1.29, 1.82) is 0 Å². The molecule has 1 N–H and O–H groups in total. The van der Waals surface area contributed by atoms with Gasteiger partial charge in [0.25, 0.3) is 0 Å². The summed E-state index contributed by atoms with van der Waals surface area (Å²) in [5.74, 6) is 2.47. The van der Waals surface area contributed by atoms with Gasteiger partial charge in [0.1, 0.15) is 0 Å². The largest absolute Gasteiger partial charge is 0.392 e. The summed E-state index contributed by atoms with van der Waals surface area (Å²) in [4.78, 5) is 0. The molecule has 3 unspecified atom stereocenters. The van der Waals surface area contributed by atoms with Crippen molar-refractivity contribution in [2.45, 2.75) is 31.8 Å². The van der Waals surface area contributed by atoms with Crippen LogP contribution in [0.25, 0.3) is 0 Å². The molecule has 0 spiro atoms. The van der Waals surface area contributed by atoms with E-state index in [1.165, 1.54) is 24.8 Å². The topological polar surface area (TPSA) is 20.2 Å². The summed E-state index contributed by atoms with van der Waals surface area (Å²) >= 11 is 3.54. The van der Waals surface area contributed by atoms with E-state index < -0.39 is 0 Å². The van der Waals surface area contributed by atoms with Crippen LogP contribution in [0, 0.1) is 17.8 Å². The number of aliphatic hydroxyl groups is 1. The Bertz CT molecular complexity index is 380. The third kappa shape index (κ3) is 2.05. The van der Waals surface area contributed by atoms with Gasteiger partial charge in [0.2, 0.25) is 0 Å². The zero-order chi connectivity index (χ0) is 11.1. The van der Waals surface area contributed by atoms with Gasteiger partial charge in [0.15, 0.2) is 0 Å². The molecule has 2 heteroatoms. The Morgan fingerprint density at radius 3 is 2.56 bits per heavy atom. The number of rotatable bonds is 3. The molecule has 16 heavy (non-hydrogen) atoms. The molecule has 1 aromatic carbocycles. The standard InChI is InChI=1S/C14H17BrO/c15-13-4-2-1-3-9(13)8-14(16)12-6-10-5-11(10)7-12/h1-4,10-12,14,16H,5-8H2. The predicted octanol–water partition coefficient (Wildman–Crippen LogP) is 3.40. The van der Waals surface area contributed by atoms with E-state index in [9.17, 15) is 5.11 Å². The van der Waals surface area contributed by atoms with E-state index in [0.29, 0.717) is 5.92 Å². The summed E-state index contributed by atoms with van der Waals surface area (Å²) < 4.78 is 1.12. The molecule has 3 rings (SSSR count). The zero-order valence-corrected chi connectivity index (χ0v) is 10.9. The van der Waals surface area contributed by atoms with Crippen LogP contribution in [0.4, 0.5) is 0 Å². The molecular weight excluding hydrogens is 264 g/mol. The first-order chi connectivity index (χ1) is 7.74. The SMILES string of the molecule is OC(Cc1ccccc1Br)C1CC2CC2C1. The number of fused-ring (bicyclic) bond motifs is 1. The lowest BCUT2D eigenvalue weighted by molar-refractivity contribution is 0.104. The minimum atomic E-state index is -0.147. The zero-order valence-electron chi connectivity index (χ0n) is 9.27. The van der Waals surface area contributed by atoms with E-state index in [-0.39, 0.29) is 6.10 Å². The molecule has 2 aliphatic carbocycles. The average molecular weight is 281 g/mol. The molecule has 3 atom stereocenters. The highest BCUT2D eigenvalue weighted by molar-refractivity contribution is 9.10. The average Bonchev–Trinajstić information content (AvgIpc) is 2.89. The summed E-state index contributed by atoms with van der Waals surface area (Å²) in [5, 5.41) is 10.2. The van der Waals surface area contributed by atoms with Crippen LogP contribution in [0.2, 0.25) is 0 Å². The van der Waals surface area contributed by atoms with Crippen LogP contribution < -0.4 is 0 Å². The number of benzene rings is 1. The van der Waals surface area contributed by atoms with Crippen LogP contribution in [0.3, 0.4) is 0 Å². The molecular formula is C14H17BrO. The molecule has 2 saturated carbocycles. The van der Waals surface area contributed by atoms with Crippen molar-refractivity contribution in [3.8, 4) is 0 Å². The van der Waals surface area contributed by atoms with Gasteiger partial charge in [-0.3, -0.25) is 0 Å². The van der Waals surface area contributed by atoms with Gasteiger partial charge in [-0.15, -0.1) is 0 Å². The maximum atomic E-state index is 10.2. The van der Waals surface area contributed by atoms with Gasteiger partial charge >= 0.3 is 0 Å². The van der Waals surface area contributed by atoms with Gasteiger partial charge in [-0.25, -0.2) is 0 Å². The Hall–Kier alpha value is -0.340. The minimum Gasteiger partial charge on any atom is -0.392 e. The van der Waals surface area contributed by atoms with Crippen LogP contribution >= 0.6 is 15.9 Å². The van der Waals surface area contributed by atoms with Gasteiger partial charge in [0, 0.05) is 4.47 Å². The summed E-state index contributed by atoms with van der Waals surface area (Å²) in [5.41, 5.74) is 1.23. The summed E-state index contributed by atoms with van der Waals surface area (Å²) in [6.45, 7) is 0. The second-order valence-corrected chi connectivity index (χ2v) is 6.20. The van der Waals surface area contributed by atoms with Gasteiger partial charge in [-0.05, 0) is 55.1 Å². The summed E-state index contributed by atoms with van der Waals surface area (Å²) in [7, 11) is 0. The fraction of sp³-hybridized carbons (Fsp3) is 0.571. The lowest BCUT2D eigenvalue weighted by atomic mass is 9.92. The van der Waals surface area contributed by atoms with Crippen molar-refractivity contribution >= 4 is 15.9 Å². The molecule has 0 heterocycles. The molecule has 0 bridgehead atoms. The third-order valence-corrected chi connectivity index (χ3v) is 4.98. The Balaban J connectivity index is 1.64. The van der Waals surface area contributed by atoms with E-state index in [2.05, 4.69) is 22.0 Å². The van der Waals surface area contributed by atoms with Crippen LogP contribution in [0.15, 0.2) is 28.7 Å². The molecule has 1 nitrogen and oxygen atoms in total. The lowest BCUT2D eigenvalue weighted by Gasteiger charge is -2.20. The molecule has 86 valence electrons. The van der Waals surface area contributed by atoms with E-state index in [1.807, 2.05) is 18.2 Å². The van der Waals surface area contributed by atoms with Gasteiger partial charge in [0.05, 0.1) is 6.10 Å². The lowest BCUT2D eigenvalue weighted by Crippen LogP contribution is -2.21. The number of hydrogen-bond donors (Lipinski definition) is 1. The Morgan fingerprint density at radius 2 is 1.88 bits per heavy atom. The second kappa shape index (κ2) is 4.15. The maximum Gasteiger partial charge on any atom is 0.0609 e. The predicted molar refractivity (Wildman–Crippen MR) is 68.2 cm³/mol. The molecule has 0 amide bonds. The molecule has 2 fully saturated rings. The summed E-state index contributed by atoms with van der Waals surface area (Å²) in [6, 6.07) is 8.21. The molecule has 0 radical (unpaired) electrons. The molecule has 0 aromatic heterocycles. The summed E-state index contributed by atoms with van der Waals surface area (Å²) in [6.07, 6.45) is 4.60. The van der Waals surface area contributed by atoms with Crippen LogP contribution in [-0.4, -0.2) is 11.2 Å². The smallest absolute Gasteiger partial charge is 0.0609 e. The van der Waals surface area contributed by atoms with E-state index in [4.69, 9.17) is 0 Å². The third-order valence-electron chi connectivity index (χ3n) is 4.21. The van der Waals surface area contributed by atoms with Crippen LogP contribution in [0.1, 0.15) is 24.8 Å². The van der Waals surface area contributed by atoms with Gasteiger partial charge in [-0.1, -0.05) is 34.1 Å². The van der Waals surface area contributed by atoms with E-state index in [1.54, 1.807) is 0 Å². The van der Waals surface area contributed by atoms with Crippen LogP contribution in [0.5, 0.6) is 0 Å². The second-order valence-electron chi connectivity index (χ2n) is 5.35. The number of halogens is 1. The minimum absolute atomic E-state index is 0.147. The molecule has 2 aliphatic rings. The Kier molecular flexibility index (Phi) is 2.80. The Labute approximate surface area is 105 Å². The monoisotopic (exact) mass is 280 g/mol. The van der Waals surface area contributed by atoms with E-state index in [0.717, 1.165) is 22.7 Å². The molecule has 0 aliphatic heterocycles.